The number of halogens is 2. The van der Waals surface area contributed by atoms with E-state index in [9.17, 15) is 9.18 Å². The first-order valence-corrected chi connectivity index (χ1v) is 3.93. The number of furan rings is 1. The molecule has 0 radical (unpaired) electrons. The minimum Gasteiger partial charge on any atom is -0.452 e. The summed E-state index contributed by atoms with van der Waals surface area (Å²) >= 11 is 5.76. The second kappa shape index (κ2) is 2.85. The number of benzene rings is 1. The first-order chi connectivity index (χ1) is 6.22. The van der Waals surface area contributed by atoms with Crippen LogP contribution in [0.3, 0.4) is 0 Å². The summed E-state index contributed by atoms with van der Waals surface area (Å²) in [4.78, 5) is 10.4. The van der Waals surface area contributed by atoms with Crippen LogP contribution in [0.15, 0.2) is 22.6 Å². The van der Waals surface area contributed by atoms with Gasteiger partial charge in [0.15, 0.2) is 12.0 Å². The molecule has 1 aromatic carbocycles. The van der Waals surface area contributed by atoms with Crippen molar-refractivity contribution in [3.8, 4) is 0 Å². The molecule has 0 saturated carbocycles. The van der Waals surface area contributed by atoms with Crippen LogP contribution in [0.1, 0.15) is 10.6 Å². The number of fused-ring (bicyclic) bond motifs is 1. The van der Waals surface area contributed by atoms with Gasteiger partial charge in [0.25, 0.3) is 0 Å². The van der Waals surface area contributed by atoms with Gasteiger partial charge in [-0.15, -0.1) is 0 Å². The topological polar surface area (TPSA) is 30.2 Å². The monoisotopic (exact) mass is 198 g/mol. The molecule has 1 heterocycles. The van der Waals surface area contributed by atoms with E-state index in [2.05, 4.69) is 0 Å². The summed E-state index contributed by atoms with van der Waals surface area (Å²) in [5.74, 6) is -0.391. The molecule has 0 atom stereocenters. The summed E-state index contributed by atoms with van der Waals surface area (Å²) in [5.41, 5.74) is 0.284. The summed E-state index contributed by atoms with van der Waals surface area (Å²) in [7, 11) is 0. The van der Waals surface area contributed by atoms with Crippen LogP contribution in [0.5, 0.6) is 0 Å². The van der Waals surface area contributed by atoms with E-state index in [-0.39, 0.29) is 16.4 Å². The van der Waals surface area contributed by atoms with Crippen molar-refractivity contribution in [2.45, 2.75) is 0 Å². The Hall–Kier alpha value is -1.35. The summed E-state index contributed by atoms with van der Waals surface area (Å²) in [6.07, 6.45) is 0.500. The summed E-state index contributed by atoms with van der Waals surface area (Å²) in [5, 5.41) is 0.773. The standard InChI is InChI=1S/C9H4ClFO2/c10-9-6-2-1-5(11)3-7(6)13-8(9)4-12/h1-4H. The fraction of sp³-hybridized carbons (Fsp3) is 0. The first kappa shape index (κ1) is 8.26. The van der Waals surface area contributed by atoms with E-state index in [0.29, 0.717) is 11.7 Å². The molecule has 0 saturated heterocycles. The highest BCUT2D eigenvalue weighted by Crippen LogP contribution is 2.29. The Labute approximate surface area is 77.9 Å². The Morgan fingerprint density at radius 2 is 2.23 bits per heavy atom. The fourth-order valence-electron chi connectivity index (χ4n) is 1.13. The predicted molar refractivity (Wildman–Crippen MR) is 46.6 cm³/mol. The fourth-order valence-corrected chi connectivity index (χ4v) is 1.37. The third-order valence-corrected chi connectivity index (χ3v) is 2.11. The van der Waals surface area contributed by atoms with Gasteiger partial charge in [0, 0.05) is 11.5 Å². The van der Waals surface area contributed by atoms with E-state index in [1.807, 2.05) is 0 Å². The smallest absolute Gasteiger partial charge is 0.186 e. The highest BCUT2D eigenvalue weighted by molar-refractivity contribution is 6.37. The lowest BCUT2D eigenvalue weighted by molar-refractivity contribution is 0.110. The number of rotatable bonds is 1. The first-order valence-electron chi connectivity index (χ1n) is 3.55. The van der Waals surface area contributed by atoms with E-state index in [1.165, 1.54) is 18.2 Å². The normalized spacial score (nSPS) is 10.6. The molecule has 0 bridgehead atoms. The van der Waals surface area contributed by atoms with Crippen molar-refractivity contribution < 1.29 is 13.6 Å². The molecule has 0 amide bonds. The molecule has 2 nitrogen and oxygen atoms in total. The van der Waals surface area contributed by atoms with Gasteiger partial charge in [0.2, 0.25) is 0 Å². The minimum atomic E-state index is -0.421. The molecule has 66 valence electrons. The second-order valence-electron chi connectivity index (χ2n) is 2.54. The van der Waals surface area contributed by atoms with Gasteiger partial charge in [-0.2, -0.15) is 0 Å². The SMILES string of the molecule is O=Cc1oc2cc(F)ccc2c1Cl. The Morgan fingerprint density at radius 1 is 1.46 bits per heavy atom. The van der Waals surface area contributed by atoms with Gasteiger partial charge in [-0.05, 0) is 12.1 Å². The lowest BCUT2D eigenvalue weighted by Gasteiger charge is -1.87. The number of hydrogen-bond donors (Lipinski definition) is 0. The molecule has 13 heavy (non-hydrogen) atoms. The highest BCUT2D eigenvalue weighted by atomic mass is 35.5. The van der Waals surface area contributed by atoms with Gasteiger partial charge in [-0.25, -0.2) is 4.39 Å². The molecular formula is C9H4ClFO2. The van der Waals surface area contributed by atoms with Crippen molar-refractivity contribution in [2.24, 2.45) is 0 Å². The molecule has 0 N–H and O–H groups in total. The number of carbonyl (C=O) groups is 1. The molecule has 2 aromatic rings. The van der Waals surface area contributed by atoms with Crippen molar-refractivity contribution >= 4 is 28.9 Å². The predicted octanol–water partition coefficient (Wildman–Crippen LogP) is 3.04. The molecular weight excluding hydrogens is 195 g/mol. The van der Waals surface area contributed by atoms with Crippen molar-refractivity contribution in [1.82, 2.24) is 0 Å². The zero-order chi connectivity index (χ0) is 9.42. The van der Waals surface area contributed by atoms with Crippen LogP contribution < -0.4 is 0 Å². The van der Waals surface area contributed by atoms with Crippen molar-refractivity contribution in [2.75, 3.05) is 0 Å². The number of aldehydes is 1. The second-order valence-corrected chi connectivity index (χ2v) is 2.92. The van der Waals surface area contributed by atoms with Gasteiger partial charge < -0.3 is 4.42 Å². The molecule has 0 aliphatic heterocycles. The largest absolute Gasteiger partial charge is 0.452 e. The van der Waals surface area contributed by atoms with Gasteiger partial charge in [-0.1, -0.05) is 11.6 Å². The maximum absolute atomic E-state index is 12.7. The van der Waals surface area contributed by atoms with Gasteiger partial charge in [-0.3, -0.25) is 4.79 Å². The summed E-state index contributed by atoms with van der Waals surface area (Å²) < 4.78 is 17.7. The van der Waals surface area contributed by atoms with Crippen LogP contribution in [0, 0.1) is 5.82 Å². The molecule has 2 rings (SSSR count). The third kappa shape index (κ3) is 1.21. The van der Waals surface area contributed by atoms with E-state index >= 15 is 0 Å². The molecule has 1 aromatic heterocycles. The molecule has 0 aliphatic rings. The Balaban J connectivity index is 2.83. The van der Waals surface area contributed by atoms with E-state index in [1.54, 1.807) is 0 Å². The van der Waals surface area contributed by atoms with Crippen molar-refractivity contribution in [1.29, 1.82) is 0 Å². The van der Waals surface area contributed by atoms with Crippen LogP contribution >= 0.6 is 11.6 Å². The summed E-state index contributed by atoms with van der Waals surface area (Å²) in [6.45, 7) is 0. The molecule has 0 unspecified atom stereocenters. The van der Waals surface area contributed by atoms with E-state index in [0.717, 1.165) is 0 Å². The Morgan fingerprint density at radius 3 is 2.92 bits per heavy atom. The molecule has 0 spiro atoms. The summed E-state index contributed by atoms with van der Waals surface area (Å²) in [6, 6.07) is 3.93. The van der Waals surface area contributed by atoms with Crippen molar-refractivity contribution in [3.63, 3.8) is 0 Å². The van der Waals surface area contributed by atoms with Gasteiger partial charge in [0.1, 0.15) is 11.4 Å². The highest BCUT2D eigenvalue weighted by Gasteiger charge is 2.11. The zero-order valence-corrected chi connectivity index (χ0v) is 7.14. The van der Waals surface area contributed by atoms with Crippen LogP contribution in [-0.4, -0.2) is 6.29 Å². The minimum absolute atomic E-state index is 0.0299. The number of carbonyl (C=O) groups excluding carboxylic acids is 1. The molecule has 0 fully saturated rings. The van der Waals surface area contributed by atoms with Crippen molar-refractivity contribution in [3.05, 3.63) is 34.8 Å². The molecule has 0 aliphatic carbocycles. The lowest BCUT2D eigenvalue weighted by atomic mass is 10.2. The van der Waals surface area contributed by atoms with Crippen LogP contribution in [0.25, 0.3) is 11.0 Å². The Kier molecular flexibility index (Phi) is 1.81. The van der Waals surface area contributed by atoms with Gasteiger partial charge >= 0.3 is 0 Å². The van der Waals surface area contributed by atoms with E-state index in [4.69, 9.17) is 16.0 Å². The number of hydrogen-bond acceptors (Lipinski definition) is 2. The van der Waals surface area contributed by atoms with Crippen LogP contribution in [0.2, 0.25) is 5.02 Å². The maximum Gasteiger partial charge on any atom is 0.186 e. The zero-order valence-electron chi connectivity index (χ0n) is 6.38. The quantitative estimate of drug-likeness (QED) is 0.660. The average Bonchev–Trinajstić information content (AvgIpc) is 2.42. The van der Waals surface area contributed by atoms with Crippen LogP contribution in [-0.2, 0) is 0 Å². The van der Waals surface area contributed by atoms with E-state index < -0.39 is 5.82 Å². The third-order valence-electron chi connectivity index (χ3n) is 1.72. The van der Waals surface area contributed by atoms with Gasteiger partial charge in [0.05, 0.1) is 5.02 Å². The lowest BCUT2D eigenvalue weighted by Crippen LogP contribution is -1.71. The molecule has 4 heteroatoms. The maximum atomic E-state index is 12.7. The average molecular weight is 199 g/mol. The van der Waals surface area contributed by atoms with Crippen LogP contribution in [0.4, 0.5) is 4.39 Å². The Bertz CT molecular complexity index is 476.